The van der Waals surface area contributed by atoms with Crippen molar-refractivity contribution in [2.45, 2.75) is 52.6 Å². The van der Waals surface area contributed by atoms with Crippen LogP contribution in [0, 0.1) is 5.82 Å². The summed E-state index contributed by atoms with van der Waals surface area (Å²) >= 11 is 1.49. The van der Waals surface area contributed by atoms with Crippen LogP contribution in [0.3, 0.4) is 0 Å². The van der Waals surface area contributed by atoms with Gasteiger partial charge in [-0.15, -0.1) is 21.5 Å². The molecule has 4 rings (SSSR count). The first-order valence-corrected chi connectivity index (χ1v) is 15.7. The topological polar surface area (TPSA) is 121 Å². The summed E-state index contributed by atoms with van der Waals surface area (Å²) in [5.74, 6) is 0.138. The lowest BCUT2D eigenvalue weighted by Gasteiger charge is -2.19. The van der Waals surface area contributed by atoms with E-state index in [0.717, 1.165) is 28.5 Å². The number of halogens is 1. The monoisotopic (exact) mass is 638 g/mol. The lowest BCUT2D eigenvalue weighted by Crippen LogP contribution is -2.34. The zero-order valence-electron chi connectivity index (χ0n) is 26.0. The molecule has 10 nitrogen and oxygen atoms in total. The van der Waals surface area contributed by atoms with Crippen molar-refractivity contribution < 1.29 is 32.9 Å². The third kappa shape index (κ3) is 10.1. The van der Waals surface area contributed by atoms with E-state index >= 15 is 4.39 Å². The zero-order valence-corrected chi connectivity index (χ0v) is 26.8. The molecule has 2 aromatic heterocycles. The second-order valence-corrected chi connectivity index (χ2v) is 12.1. The number of fused-ring (bicyclic) bond motifs is 1. The first kappa shape index (κ1) is 33.6. The molecular formula is C33H39FN4O6S. The number of alkyl carbamates (subject to hydrolysis) is 1. The number of ether oxygens (including phenoxy) is 4. The van der Waals surface area contributed by atoms with Crippen molar-refractivity contribution in [3.63, 3.8) is 0 Å². The van der Waals surface area contributed by atoms with E-state index in [-0.39, 0.29) is 24.7 Å². The molecule has 12 heteroatoms. The van der Waals surface area contributed by atoms with Crippen LogP contribution in [0.25, 0.3) is 21.3 Å². The van der Waals surface area contributed by atoms with Gasteiger partial charge in [0.1, 0.15) is 29.5 Å². The highest BCUT2D eigenvalue weighted by Crippen LogP contribution is 2.38. The number of aromatic nitrogens is 2. The number of hydrogen-bond acceptors (Lipinski definition) is 10. The predicted molar refractivity (Wildman–Crippen MR) is 173 cm³/mol. The van der Waals surface area contributed by atoms with Crippen molar-refractivity contribution in [1.29, 1.82) is 0 Å². The number of nitrogens with zero attached hydrogens (tertiary/aromatic N) is 2. The maximum absolute atomic E-state index is 15.0. The Morgan fingerprint density at radius 2 is 1.82 bits per heavy atom. The van der Waals surface area contributed by atoms with E-state index in [1.807, 2.05) is 42.6 Å². The van der Waals surface area contributed by atoms with Crippen LogP contribution in [0.4, 0.5) is 20.7 Å². The summed E-state index contributed by atoms with van der Waals surface area (Å²) in [7, 11) is 0. The summed E-state index contributed by atoms with van der Waals surface area (Å²) < 4.78 is 37.9. The van der Waals surface area contributed by atoms with Crippen molar-refractivity contribution in [2.24, 2.45) is 0 Å². The quantitative estimate of drug-likeness (QED) is 0.104. The highest BCUT2D eigenvalue weighted by molar-refractivity contribution is 7.17. The molecule has 0 saturated heterocycles. The van der Waals surface area contributed by atoms with Crippen molar-refractivity contribution in [3.05, 3.63) is 65.3 Å². The summed E-state index contributed by atoms with van der Waals surface area (Å²) in [6.45, 7) is 9.03. The summed E-state index contributed by atoms with van der Waals surface area (Å²) in [5.41, 5.74) is 1.59. The predicted octanol–water partition coefficient (Wildman–Crippen LogP) is 7.05. The maximum Gasteiger partial charge on any atom is 0.407 e. The number of rotatable bonds is 15. The molecular weight excluding hydrogens is 599 g/mol. The fourth-order valence-corrected chi connectivity index (χ4v) is 5.13. The number of hydrogen-bond donors (Lipinski definition) is 2. The van der Waals surface area contributed by atoms with Crippen LogP contribution in [0.2, 0.25) is 0 Å². The van der Waals surface area contributed by atoms with Gasteiger partial charge in [-0.2, -0.15) is 0 Å². The van der Waals surface area contributed by atoms with Crippen LogP contribution in [0.5, 0.6) is 5.75 Å². The molecule has 45 heavy (non-hydrogen) atoms. The first-order chi connectivity index (χ1) is 21.6. The molecule has 0 aliphatic rings. The molecule has 2 heterocycles. The molecule has 0 radical (unpaired) electrons. The number of para-hydroxylation sites is 1. The number of benzene rings is 2. The van der Waals surface area contributed by atoms with Gasteiger partial charge in [-0.05, 0) is 68.5 Å². The molecule has 1 amide bonds. The van der Waals surface area contributed by atoms with Crippen LogP contribution in [0.15, 0.2) is 53.9 Å². The van der Waals surface area contributed by atoms with Gasteiger partial charge in [-0.1, -0.05) is 31.5 Å². The smallest absolute Gasteiger partial charge is 0.407 e. The SMILES string of the molecule is CCCCOC(=O)Cc1ccc(Nc2nnc(-c3ccccc3OCCOCCNC(=O)OC(C)(C)C)c3sccc23)c(F)c1. The molecule has 2 N–H and O–H groups in total. The van der Waals surface area contributed by atoms with Gasteiger partial charge in [0.25, 0.3) is 0 Å². The second-order valence-electron chi connectivity index (χ2n) is 11.1. The molecule has 0 unspecified atom stereocenters. The number of carbonyl (C=O) groups excluding carboxylic acids is 2. The Bertz CT molecular complexity index is 1590. The molecule has 0 aliphatic heterocycles. The lowest BCUT2D eigenvalue weighted by molar-refractivity contribution is -0.142. The summed E-state index contributed by atoms with van der Waals surface area (Å²) in [4.78, 5) is 23.7. The van der Waals surface area contributed by atoms with Crippen LogP contribution in [-0.4, -0.2) is 60.8 Å². The minimum Gasteiger partial charge on any atom is -0.490 e. The number of anilines is 2. The molecule has 0 fully saturated rings. The molecule has 2 aromatic carbocycles. The van der Waals surface area contributed by atoms with Crippen molar-refractivity contribution >= 4 is 45.0 Å². The van der Waals surface area contributed by atoms with Gasteiger partial charge in [0.2, 0.25) is 0 Å². The highest BCUT2D eigenvalue weighted by atomic mass is 32.1. The van der Waals surface area contributed by atoms with Gasteiger partial charge in [0, 0.05) is 17.5 Å². The van der Waals surface area contributed by atoms with E-state index in [1.54, 1.807) is 32.9 Å². The summed E-state index contributed by atoms with van der Waals surface area (Å²) in [6.07, 6.45) is 1.24. The second kappa shape index (κ2) is 16.1. The van der Waals surface area contributed by atoms with E-state index < -0.39 is 17.5 Å². The van der Waals surface area contributed by atoms with Gasteiger partial charge in [0.05, 0.1) is 36.6 Å². The molecule has 0 atom stereocenters. The van der Waals surface area contributed by atoms with E-state index in [2.05, 4.69) is 20.8 Å². The molecule has 0 spiro atoms. The van der Waals surface area contributed by atoms with Gasteiger partial charge < -0.3 is 29.6 Å². The largest absolute Gasteiger partial charge is 0.490 e. The first-order valence-electron chi connectivity index (χ1n) is 14.9. The van der Waals surface area contributed by atoms with Crippen LogP contribution < -0.4 is 15.4 Å². The molecule has 0 bridgehead atoms. The fourth-order valence-electron chi connectivity index (χ4n) is 4.23. The summed E-state index contributed by atoms with van der Waals surface area (Å²) in [6, 6.07) is 14.0. The number of amides is 1. The normalized spacial score (nSPS) is 11.3. The number of thiophene rings is 1. The number of nitrogens with one attached hydrogen (secondary N) is 2. The van der Waals surface area contributed by atoms with Crippen LogP contribution in [0.1, 0.15) is 46.1 Å². The Hall–Kier alpha value is -4.29. The lowest BCUT2D eigenvalue weighted by atomic mass is 10.1. The third-order valence-electron chi connectivity index (χ3n) is 6.32. The van der Waals surface area contributed by atoms with E-state index in [1.165, 1.54) is 17.4 Å². The number of esters is 1. The third-order valence-corrected chi connectivity index (χ3v) is 7.24. The minimum atomic E-state index is -0.556. The molecule has 0 aliphatic carbocycles. The van der Waals surface area contributed by atoms with Crippen molar-refractivity contribution in [2.75, 3.05) is 38.3 Å². The van der Waals surface area contributed by atoms with Gasteiger partial charge in [0.15, 0.2) is 5.82 Å². The van der Waals surface area contributed by atoms with Crippen molar-refractivity contribution in [3.8, 4) is 17.0 Å². The number of carbonyl (C=O) groups is 2. The van der Waals surface area contributed by atoms with E-state index in [9.17, 15) is 9.59 Å². The fraction of sp³-hybridized carbons (Fsp3) is 0.394. The Morgan fingerprint density at radius 3 is 2.60 bits per heavy atom. The maximum atomic E-state index is 15.0. The van der Waals surface area contributed by atoms with Gasteiger partial charge >= 0.3 is 12.1 Å². The molecule has 0 saturated carbocycles. The average molecular weight is 639 g/mol. The average Bonchev–Trinajstić information content (AvgIpc) is 3.48. The standard InChI is InChI=1S/C33H39FN4O6S/c1-5-6-15-43-28(39)21-22-11-12-26(25(34)20-22)36-31-24-13-19-45-30(24)29(37-38-31)23-9-7-8-10-27(23)42-18-17-41-16-14-35-32(40)44-33(2,3)4/h7-13,19-20H,5-6,14-18,21H2,1-4H3,(H,35,40)(H,36,38). The van der Waals surface area contributed by atoms with E-state index in [4.69, 9.17) is 18.9 Å². The molecule has 240 valence electrons. The van der Waals surface area contributed by atoms with Crippen LogP contribution in [-0.2, 0) is 25.4 Å². The Balaban J connectivity index is 1.37. The highest BCUT2D eigenvalue weighted by Gasteiger charge is 2.18. The summed E-state index contributed by atoms with van der Waals surface area (Å²) in [5, 5.41) is 17.3. The van der Waals surface area contributed by atoms with Crippen molar-refractivity contribution in [1.82, 2.24) is 15.5 Å². The van der Waals surface area contributed by atoms with Gasteiger partial charge in [-0.25, -0.2) is 9.18 Å². The Morgan fingerprint density at radius 1 is 1.00 bits per heavy atom. The Kier molecular flexibility index (Phi) is 12.1. The zero-order chi connectivity index (χ0) is 32.2. The molecule has 4 aromatic rings. The van der Waals surface area contributed by atoms with Gasteiger partial charge in [-0.3, -0.25) is 4.79 Å². The van der Waals surface area contributed by atoms with Crippen LogP contribution >= 0.6 is 11.3 Å². The minimum absolute atomic E-state index is 0.00308. The Labute approximate surface area is 266 Å². The number of unbranched alkanes of at least 4 members (excludes halogenated alkanes) is 1. The van der Waals surface area contributed by atoms with E-state index in [0.29, 0.717) is 49.2 Å².